The van der Waals surface area contributed by atoms with Crippen molar-refractivity contribution in [2.45, 2.75) is 50.6 Å². The standard InChI is InChI=1S/C24H33FN6O2/c25-19-15-18(22(27)32)23(30-24(19)29-21-9-2-1-8-20(21)26)28-16-6-5-7-17(14-16)33-13-12-31-10-3-4-11-31/h5-7,14-15,20-21H,1-4,8-13,26H2,(H2,27,32)(H2,28,29,30)/t20-,21+/m0/s1. The molecule has 9 heteroatoms. The summed E-state index contributed by atoms with van der Waals surface area (Å²) in [6.07, 6.45) is 6.32. The van der Waals surface area contributed by atoms with Crippen LogP contribution in [0.3, 0.4) is 0 Å². The van der Waals surface area contributed by atoms with Crippen molar-refractivity contribution >= 4 is 23.2 Å². The van der Waals surface area contributed by atoms with Crippen molar-refractivity contribution in [3.05, 3.63) is 41.7 Å². The number of hydrogen-bond donors (Lipinski definition) is 4. The predicted octanol–water partition coefficient (Wildman–Crippen LogP) is 3.22. The Morgan fingerprint density at radius 3 is 2.70 bits per heavy atom. The molecule has 1 aliphatic carbocycles. The molecule has 1 aromatic heterocycles. The normalized spacial score (nSPS) is 21.0. The summed E-state index contributed by atoms with van der Waals surface area (Å²) in [7, 11) is 0. The number of carbonyl (C=O) groups is 1. The lowest BCUT2D eigenvalue weighted by molar-refractivity contribution is 0.100. The third-order valence-corrected chi connectivity index (χ3v) is 6.35. The molecule has 1 saturated carbocycles. The number of halogens is 1. The number of nitrogens with two attached hydrogens (primary N) is 2. The summed E-state index contributed by atoms with van der Waals surface area (Å²) in [6, 6.07) is 8.35. The molecule has 2 atom stereocenters. The molecule has 1 aliphatic heterocycles. The second kappa shape index (κ2) is 10.8. The Balaban J connectivity index is 1.48. The average Bonchev–Trinajstić information content (AvgIpc) is 3.31. The average molecular weight is 457 g/mol. The summed E-state index contributed by atoms with van der Waals surface area (Å²) >= 11 is 0. The van der Waals surface area contributed by atoms with Crippen molar-refractivity contribution in [3.63, 3.8) is 0 Å². The molecule has 2 aromatic rings. The van der Waals surface area contributed by atoms with E-state index >= 15 is 0 Å². The van der Waals surface area contributed by atoms with Crippen LogP contribution in [0.25, 0.3) is 0 Å². The minimum Gasteiger partial charge on any atom is -0.492 e. The quantitative estimate of drug-likeness (QED) is 0.457. The van der Waals surface area contributed by atoms with Gasteiger partial charge in [0.25, 0.3) is 5.91 Å². The van der Waals surface area contributed by atoms with Crippen molar-refractivity contribution in [3.8, 4) is 5.75 Å². The minimum absolute atomic E-state index is 0.0219. The summed E-state index contributed by atoms with van der Waals surface area (Å²) in [6.45, 7) is 3.74. The number of pyridine rings is 1. The highest BCUT2D eigenvalue weighted by Crippen LogP contribution is 2.28. The second-order valence-electron chi connectivity index (χ2n) is 8.83. The fourth-order valence-corrected chi connectivity index (χ4v) is 4.49. The van der Waals surface area contributed by atoms with E-state index in [4.69, 9.17) is 16.2 Å². The first-order valence-corrected chi connectivity index (χ1v) is 11.7. The van der Waals surface area contributed by atoms with Crippen LogP contribution >= 0.6 is 0 Å². The SMILES string of the molecule is NC(=O)c1cc(F)c(N[C@@H]2CCCC[C@@H]2N)nc1Nc1cccc(OCCN2CCCC2)c1. The lowest BCUT2D eigenvalue weighted by atomic mass is 9.91. The lowest BCUT2D eigenvalue weighted by Crippen LogP contribution is -2.43. The number of nitrogens with zero attached hydrogens (tertiary/aromatic N) is 2. The molecule has 0 spiro atoms. The molecule has 0 unspecified atom stereocenters. The van der Waals surface area contributed by atoms with E-state index in [0.29, 0.717) is 18.0 Å². The molecule has 33 heavy (non-hydrogen) atoms. The van der Waals surface area contributed by atoms with Gasteiger partial charge < -0.3 is 26.8 Å². The molecule has 1 saturated heterocycles. The van der Waals surface area contributed by atoms with E-state index < -0.39 is 11.7 Å². The number of nitrogens with one attached hydrogen (secondary N) is 2. The van der Waals surface area contributed by atoms with Crippen LogP contribution in [0.1, 0.15) is 48.9 Å². The summed E-state index contributed by atoms with van der Waals surface area (Å²) < 4.78 is 20.6. The maximum atomic E-state index is 14.7. The number of primary amides is 1. The van der Waals surface area contributed by atoms with Gasteiger partial charge in [-0.05, 0) is 57.0 Å². The molecule has 4 rings (SSSR count). The van der Waals surface area contributed by atoms with E-state index in [1.807, 2.05) is 24.3 Å². The van der Waals surface area contributed by atoms with E-state index in [0.717, 1.165) is 51.4 Å². The number of anilines is 3. The van der Waals surface area contributed by atoms with Crippen LogP contribution in [-0.2, 0) is 0 Å². The van der Waals surface area contributed by atoms with Crippen molar-refractivity contribution in [1.82, 2.24) is 9.88 Å². The monoisotopic (exact) mass is 456 g/mol. The second-order valence-corrected chi connectivity index (χ2v) is 8.83. The number of carbonyl (C=O) groups excluding carboxylic acids is 1. The summed E-state index contributed by atoms with van der Waals surface area (Å²) in [5.74, 6) is -0.449. The molecule has 2 fully saturated rings. The highest BCUT2D eigenvalue weighted by Gasteiger charge is 2.24. The molecule has 2 aliphatic rings. The summed E-state index contributed by atoms with van der Waals surface area (Å²) in [5.41, 5.74) is 12.3. The van der Waals surface area contributed by atoms with Crippen LogP contribution in [0.4, 0.5) is 21.7 Å². The van der Waals surface area contributed by atoms with Crippen molar-refractivity contribution < 1.29 is 13.9 Å². The fourth-order valence-electron chi connectivity index (χ4n) is 4.49. The van der Waals surface area contributed by atoms with Gasteiger partial charge in [-0.15, -0.1) is 0 Å². The molecule has 2 heterocycles. The van der Waals surface area contributed by atoms with Crippen LogP contribution in [-0.4, -0.2) is 54.1 Å². The van der Waals surface area contributed by atoms with Gasteiger partial charge in [-0.3, -0.25) is 9.69 Å². The van der Waals surface area contributed by atoms with Crippen molar-refractivity contribution in [2.75, 3.05) is 36.9 Å². The number of rotatable bonds is 9. The van der Waals surface area contributed by atoms with Crippen LogP contribution in [0.15, 0.2) is 30.3 Å². The molecule has 1 amide bonds. The van der Waals surface area contributed by atoms with E-state index in [1.165, 1.54) is 12.8 Å². The molecule has 1 aromatic carbocycles. The zero-order valence-electron chi connectivity index (χ0n) is 18.9. The maximum Gasteiger partial charge on any atom is 0.252 e. The van der Waals surface area contributed by atoms with Gasteiger partial charge in [0.05, 0.1) is 5.56 Å². The number of aromatic nitrogens is 1. The molecule has 0 radical (unpaired) electrons. The highest BCUT2D eigenvalue weighted by molar-refractivity contribution is 5.98. The Labute approximate surface area is 193 Å². The predicted molar refractivity (Wildman–Crippen MR) is 127 cm³/mol. The van der Waals surface area contributed by atoms with Gasteiger partial charge in [-0.1, -0.05) is 18.9 Å². The topological polar surface area (TPSA) is 119 Å². The number of hydrogen-bond acceptors (Lipinski definition) is 7. The van der Waals surface area contributed by atoms with Gasteiger partial charge in [0.1, 0.15) is 18.2 Å². The van der Waals surface area contributed by atoms with Gasteiger partial charge in [0.15, 0.2) is 11.6 Å². The largest absolute Gasteiger partial charge is 0.492 e. The van der Waals surface area contributed by atoms with E-state index in [9.17, 15) is 9.18 Å². The molecule has 178 valence electrons. The first kappa shape index (κ1) is 23.3. The molecule has 6 N–H and O–H groups in total. The van der Waals surface area contributed by atoms with Crippen LogP contribution in [0, 0.1) is 5.82 Å². The van der Waals surface area contributed by atoms with E-state index in [-0.39, 0.29) is 29.3 Å². The Morgan fingerprint density at radius 2 is 1.94 bits per heavy atom. The Bertz CT molecular complexity index is 966. The van der Waals surface area contributed by atoms with Gasteiger partial charge >= 0.3 is 0 Å². The summed E-state index contributed by atoms with van der Waals surface area (Å²) in [4.78, 5) is 18.7. The number of benzene rings is 1. The van der Waals surface area contributed by atoms with E-state index in [1.54, 1.807) is 0 Å². The van der Waals surface area contributed by atoms with Gasteiger partial charge in [0.2, 0.25) is 0 Å². The van der Waals surface area contributed by atoms with Crippen LogP contribution < -0.4 is 26.8 Å². The minimum atomic E-state index is -0.761. The molecular formula is C24H33FN6O2. The maximum absolute atomic E-state index is 14.7. The zero-order chi connectivity index (χ0) is 23.2. The third-order valence-electron chi connectivity index (χ3n) is 6.35. The first-order valence-electron chi connectivity index (χ1n) is 11.7. The summed E-state index contributed by atoms with van der Waals surface area (Å²) in [5, 5.41) is 6.23. The molecule has 8 nitrogen and oxygen atoms in total. The fraction of sp³-hybridized carbons (Fsp3) is 0.500. The number of ether oxygens (including phenoxy) is 1. The van der Waals surface area contributed by atoms with Crippen molar-refractivity contribution in [2.24, 2.45) is 11.5 Å². The lowest BCUT2D eigenvalue weighted by Gasteiger charge is -2.30. The smallest absolute Gasteiger partial charge is 0.252 e. The number of likely N-dealkylation sites (tertiary alicyclic amines) is 1. The van der Waals surface area contributed by atoms with E-state index in [2.05, 4.69) is 20.5 Å². The molecule has 0 bridgehead atoms. The number of amides is 1. The Kier molecular flexibility index (Phi) is 7.61. The Morgan fingerprint density at radius 1 is 1.15 bits per heavy atom. The van der Waals surface area contributed by atoms with Crippen molar-refractivity contribution in [1.29, 1.82) is 0 Å². The van der Waals surface area contributed by atoms with Gasteiger partial charge in [0, 0.05) is 30.4 Å². The zero-order valence-corrected chi connectivity index (χ0v) is 18.9. The van der Waals surface area contributed by atoms with Gasteiger partial charge in [-0.2, -0.15) is 0 Å². The highest BCUT2D eigenvalue weighted by atomic mass is 19.1. The third kappa shape index (κ3) is 6.11. The van der Waals surface area contributed by atoms with Crippen LogP contribution in [0.5, 0.6) is 5.75 Å². The van der Waals surface area contributed by atoms with Crippen LogP contribution in [0.2, 0.25) is 0 Å². The first-order chi connectivity index (χ1) is 16.0. The molecular weight excluding hydrogens is 423 g/mol. The van der Waals surface area contributed by atoms with Gasteiger partial charge in [-0.25, -0.2) is 9.37 Å². The Hall–Kier alpha value is -2.91.